The van der Waals surface area contributed by atoms with Gasteiger partial charge in [0.25, 0.3) is 0 Å². The molecule has 1 fully saturated rings. The van der Waals surface area contributed by atoms with Gasteiger partial charge in [0, 0.05) is 24.1 Å². The molecule has 2 unspecified atom stereocenters. The van der Waals surface area contributed by atoms with Crippen molar-refractivity contribution in [2.45, 2.75) is 25.9 Å². The van der Waals surface area contributed by atoms with Gasteiger partial charge in [0.15, 0.2) is 0 Å². The molecule has 0 aliphatic carbocycles. The lowest BCUT2D eigenvalue weighted by Gasteiger charge is -2.36. The number of halogens is 1. The van der Waals surface area contributed by atoms with Crippen LogP contribution in [0.25, 0.3) is 0 Å². The molecule has 1 aliphatic rings. The molecule has 1 aromatic carbocycles. The second kappa shape index (κ2) is 6.45. The first-order valence-corrected chi connectivity index (χ1v) is 7.84. The molecule has 110 valence electrons. The van der Waals surface area contributed by atoms with Crippen LogP contribution in [0.15, 0.2) is 18.2 Å². The number of thioether (sulfide) groups is 1. The predicted molar refractivity (Wildman–Crippen MR) is 82.4 cm³/mol. The number of nitrogens with two attached hydrogens (primary N) is 1. The average molecular weight is 297 g/mol. The van der Waals surface area contributed by atoms with Crippen molar-refractivity contribution in [3.63, 3.8) is 0 Å². The van der Waals surface area contributed by atoms with Crippen LogP contribution < -0.4 is 11.1 Å². The van der Waals surface area contributed by atoms with Crippen LogP contribution >= 0.6 is 11.8 Å². The van der Waals surface area contributed by atoms with E-state index in [2.05, 4.69) is 17.1 Å². The van der Waals surface area contributed by atoms with Crippen LogP contribution in [0.5, 0.6) is 0 Å². The summed E-state index contributed by atoms with van der Waals surface area (Å²) in [4.78, 5) is 14.5. The van der Waals surface area contributed by atoms with Gasteiger partial charge in [-0.05, 0) is 32.0 Å². The first kappa shape index (κ1) is 15.1. The quantitative estimate of drug-likeness (QED) is 0.840. The predicted octanol–water partition coefficient (Wildman–Crippen LogP) is 2.17. The third-order valence-electron chi connectivity index (χ3n) is 3.57. The molecule has 0 saturated carbocycles. The standard InChI is InChI=1S/C14H20FN3OS/c1-9-8-20-6-5-18(9)10(2)14(19)17-13-4-3-11(15)7-12(13)16/h3-4,7,9-10H,5-6,8,16H2,1-2H3,(H,17,19). The molecule has 0 aromatic heterocycles. The maximum Gasteiger partial charge on any atom is 0.241 e. The maximum atomic E-state index is 13.0. The highest BCUT2D eigenvalue weighted by molar-refractivity contribution is 7.99. The number of hydrogen-bond donors (Lipinski definition) is 2. The van der Waals surface area contributed by atoms with Crippen molar-refractivity contribution in [2.24, 2.45) is 0 Å². The van der Waals surface area contributed by atoms with Gasteiger partial charge in [-0.25, -0.2) is 4.39 Å². The molecular formula is C14H20FN3OS. The zero-order valence-electron chi connectivity index (χ0n) is 11.7. The van der Waals surface area contributed by atoms with E-state index in [9.17, 15) is 9.18 Å². The Hall–Kier alpha value is -1.27. The van der Waals surface area contributed by atoms with Crippen LogP contribution in [0, 0.1) is 5.82 Å². The third-order valence-corrected chi connectivity index (χ3v) is 4.76. The molecule has 4 nitrogen and oxygen atoms in total. The highest BCUT2D eigenvalue weighted by atomic mass is 32.2. The van der Waals surface area contributed by atoms with Crippen LogP contribution in [-0.4, -0.2) is 40.9 Å². The summed E-state index contributed by atoms with van der Waals surface area (Å²) in [6.45, 7) is 4.92. The average Bonchev–Trinajstić information content (AvgIpc) is 2.41. The number of hydrogen-bond acceptors (Lipinski definition) is 4. The molecule has 2 rings (SSSR count). The summed E-state index contributed by atoms with van der Waals surface area (Å²) >= 11 is 1.91. The number of carbonyl (C=O) groups is 1. The van der Waals surface area contributed by atoms with Crippen molar-refractivity contribution in [3.05, 3.63) is 24.0 Å². The summed E-state index contributed by atoms with van der Waals surface area (Å²) in [5, 5.41) is 2.78. The number of carbonyl (C=O) groups excluding carboxylic acids is 1. The maximum absolute atomic E-state index is 13.0. The normalized spacial score (nSPS) is 21.4. The summed E-state index contributed by atoms with van der Waals surface area (Å²) in [6, 6.07) is 4.14. The Morgan fingerprint density at radius 1 is 1.60 bits per heavy atom. The summed E-state index contributed by atoms with van der Waals surface area (Å²) in [5.41, 5.74) is 6.41. The van der Waals surface area contributed by atoms with Gasteiger partial charge in [0.05, 0.1) is 17.4 Å². The molecule has 2 atom stereocenters. The first-order chi connectivity index (χ1) is 9.49. The van der Waals surface area contributed by atoms with Crippen molar-refractivity contribution >= 4 is 29.0 Å². The van der Waals surface area contributed by atoms with Crippen LogP contribution in [0.3, 0.4) is 0 Å². The molecule has 1 saturated heterocycles. The minimum Gasteiger partial charge on any atom is -0.397 e. The largest absolute Gasteiger partial charge is 0.397 e. The van der Waals surface area contributed by atoms with Gasteiger partial charge in [-0.1, -0.05) is 0 Å². The number of nitrogens with one attached hydrogen (secondary N) is 1. The molecule has 1 aliphatic heterocycles. The molecular weight excluding hydrogens is 277 g/mol. The fourth-order valence-electron chi connectivity index (χ4n) is 2.35. The van der Waals surface area contributed by atoms with Crippen molar-refractivity contribution in [3.8, 4) is 0 Å². The lowest BCUT2D eigenvalue weighted by molar-refractivity contribution is -0.121. The highest BCUT2D eigenvalue weighted by Crippen LogP contribution is 2.22. The van der Waals surface area contributed by atoms with E-state index in [0.717, 1.165) is 18.1 Å². The number of benzene rings is 1. The zero-order chi connectivity index (χ0) is 14.7. The monoisotopic (exact) mass is 297 g/mol. The Bertz CT molecular complexity index is 497. The molecule has 0 radical (unpaired) electrons. The summed E-state index contributed by atoms with van der Waals surface area (Å²) < 4.78 is 13.0. The minimum absolute atomic E-state index is 0.109. The van der Waals surface area contributed by atoms with E-state index >= 15 is 0 Å². The van der Waals surface area contributed by atoms with Crippen molar-refractivity contribution in [1.29, 1.82) is 0 Å². The van der Waals surface area contributed by atoms with Gasteiger partial charge in [-0.15, -0.1) is 0 Å². The lowest BCUT2D eigenvalue weighted by atomic mass is 10.2. The van der Waals surface area contributed by atoms with Gasteiger partial charge in [-0.2, -0.15) is 11.8 Å². The SMILES string of the molecule is CC1CSCCN1C(C)C(=O)Nc1ccc(F)cc1N. The Labute approximate surface area is 122 Å². The van der Waals surface area contributed by atoms with Crippen LogP contribution in [0.2, 0.25) is 0 Å². The van der Waals surface area contributed by atoms with E-state index in [1.165, 1.54) is 18.2 Å². The van der Waals surface area contributed by atoms with Gasteiger partial charge >= 0.3 is 0 Å². The molecule has 0 spiro atoms. The van der Waals surface area contributed by atoms with E-state index in [1.54, 1.807) is 0 Å². The smallest absolute Gasteiger partial charge is 0.241 e. The molecule has 20 heavy (non-hydrogen) atoms. The van der Waals surface area contributed by atoms with Gasteiger partial charge in [-0.3, -0.25) is 9.69 Å². The fraction of sp³-hybridized carbons (Fsp3) is 0.500. The zero-order valence-corrected chi connectivity index (χ0v) is 12.5. The molecule has 6 heteroatoms. The van der Waals surface area contributed by atoms with E-state index in [1.807, 2.05) is 18.7 Å². The molecule has 1 amide bonds. The highest BCUT2D eigenvalue weighted by Gasteiger charge is 2.28. The number of nitrogens with zero attached hydrogens (tertiary/aromatic N) is 1. The molecule has 1 aromatic rings. The van der Waals surface area contributed by atoms with Crippen LogP contribution in [0.1, 0.15) is 13.8 Å². The molecule has 3 N–H and O–H groups in total. The summed E-state index contributed by atoms with van der Waals surface area (Å²) in [5.74, 6) is 1.56. The Morgan fingerprint density at radius 2 is 2.35 bits per heavy atom. The second-order valence-corrected chi connectivity index (χ2v) is 6.21. The van der Waals surface area contributed by atoms with Crippen LogP contribution in [-0.2, 0) is 4.79 Å². The Balaban J connectivity index is 2.03. The number of anilines is 2. The second-order valence-electron chi connectivity index (χ2n) is 5.06. The van der Waals surface area contributed by atoms with E-state index in [4.69, 9.17) is 5.73 Å². The number of nitrogen functional groups attached to an aromatic ring is 1. The van der Waals surface area contributed by atoms with E-state index in [-0.39, 0.29) is 17.6 Å². The van der Waals surface area contributed by atoms with Crippen molar-refractivity contribution < 1.29 is 9.18 Å². The summed E-state index contributed by atoms with van der Waals surface area (Å²) in [7, 11) is 0. The summed E-state index contributed by atoms with van der Waals surface area (Å²) in [6.07, 6.45) is 0. The van der Waals surface area contributed by atoms with E-state index < -0.39 is 5.82 Å². The first-order valence-electron chi connectivity index (χ1n) is 6.68. The van der Waals surface area contributed by atoms with Crippen molar-refractivity contribution in [1.82, 2.24) is 4.90 Å². The number of rotatable bonds is 3. The van der Waals surface area contributed by atoms with Crippen molar-refractivity contribution in [2.75, 3.05) is 29.1 Å². The fourth-order valence-corrected chi connectivity index (χ4v) is 3.39. The van der Waals surface area contributed by atoms with Gasteiger partial charge < -0.3 is 11.1 Å². The van der Waals surface area contributed by atoms with E-state index in [0.29, 0.717) is 11.7 Å². The van der Waals surface area contributed by atoms with Crippen LogP contribution in [0.4, 0.5) is 15.8 Å². The Kier molecular flexibility index (Phi) is 4.88. The number of amides is 1. The van der Waals surface area contributed by atoms with Gasteiger partial charge in [0.1, 0.15) is 5.82 Å². The minimum atomic E-state index is -0.407. The Morgan fingerprint density at radius 3 is 3.00 bits per heavy atom. The molecule has 0 bridgehead atoms. The van der Waals surface area contributed by atoms with Gasteiger partial charge in [0.2, 0.25) is 5.91 Å². The third kappa shape index (κ3) is 3.43. The topological polar surface area (TPSA) is 58.4 Å². The lowest BCUT2D eigenvalue weighted by Crippen LogP contribution is -2.50. The molecule has 1 heterocycles.